The van der Waals surface area contributed by atoms with Gasteiger partial charge in [0.05, 0.1) is 10.6 Å². The molecule has 0 fully saturated rings. The summed E-state index contributed by atoms with van der Waals surface area (Å²) < 4.78 is 23.5. The van der Waals surface area contributed by atoms with Crippen LogP contribution in [0.4, 0.5) is 0 Å². The lowest BCUT2D eigenvalue weighted by Crippen LogP contribution is -2.22. The summed E-state index contributed by atoms with van der Waals surface area (Å²) in [6, 6.07) is 10.5. The van der Waals surface area contributed by atoms with E-state index in [0.717, 1.165) is 16.8 Å². The molecule has 0 radical (unpaired) electrons. The number of halogens is 2. The number of sulfone groups is 1. The molecule has 0 spiro atoms. The van der Waals surface area contributed by atoms with Crippen molar-refractivity contribution in [3.05, 3.63) is 63.1 Å². The average molecular weight is 398 g/mol. The Balaban J connectivity index is 1.91. The van der Waals surface area contributed by atoms with Crippen molar-refractivity contribution >= 4 is 38.8 Å². The van der Waals surface area contributed by atoms with Crippen LogP contribution in [0.5, 0.6) is 0 Å². The highest BCUT2D eigenvalue weighted by Crippen LogP contribution is 2.38. The third-order valence-electron chi connectivity index (χ3n) is 4.24. The van der Waals surface area contributed by atoms with Gasteiger partial charge in [-0.25, -0.2) is 8.42 Å². The van der Waals surface area contributed by atoms with E-state index in [1.807, 2.05) is 25.1 Å². The Morgan fingerprint density at radius 3 is 2.32 bits per heavy atom. The Bertz CT molecular complexity index is 966. The molecule has 132 valence electrons. The molecule has 1 unspecified atom stereocenters. The predicted octanol–water partition coefficient (Wildman–Crippen LogP) is 4.75. The smallest absolute Gasteiger partial charge is 0.175 e. The van der Waals surface area contributed by atoms with Gasteiger partial charge < -0.3 is 4.84 Å². The summed E-state index contributed by atoms with van der Waals surface area (Å²) in [6.07, 6.45) is 1.73. The van der Waals surface area contributed by atoms with Crippen molar-refractivity contribution in [1.29, 1.82) is 0 Å². The molecule has 2 aromatic carbocycles. The van der Waals surface area contributed by atoms with Crippen LogP contribution in [0.3, 0.4) is 0 Å². The van der Waals surface area contributed by atoms with Gasteiger partial charge in [-0.05, 0) is 55.3 Å². The minimum Gasteiger partial charge on any atom is -0.384 e. The molecule has 4 nitrogen and oxygen atoms in total. The van der Waals surface area contributed by atoms with E-state index < -0.39 is 15.4 Å². The summed E-state index contributed by atoms with van der Waals surface area (Å²) in [5, 5.41) is 5.28. The first-order valence-corrected chi connectivity index (χ1v) is 10.3. The van der Waals surface area contributed by atoms with E-state index in [9.17, 15) is 8.42 Å². The monoisotopic (exact) mass is 397 g/mol. The van der Waals surface area contributed by atoms with Crippen LogP contribution in [0, 0.1) is 6.92 Å². The molecule has 1 atom stereocenters. The second-order valence-corrected chi connectivity index (χ2v) is 9.30. The summed E-state index contributed by atoms with van der Waals surface area (Å²) in [4.78, 5) is 6.01. The van der Waals surface area contributed by atoms with E-state index in [2.05, 4.69) is 5.16 Å². The summed E-state index contributed by atoms with van der Waals surface area (Å²) in [5.74, 6) is 0. The highest BCUT2D eigenvalue weighted by molar-refractivity contribution is 7.90. The van der Waals surface area contributed by atoms with Gasteiger partial charge in [-0.15, -0.1) is 0 Å². The van der Waals surface area contributed by atoms with Crippen molar-refractivity contribution < 1.29 is 13.3 Å². The first kappa shape index (κ1) is 18.2. The molecule has 0 amide bonds. The Labute approximate surface area is 157 Å². The van der Waals surface area contributed by atoms with Gasteiger partial charge in [0.2, 0.25) is 0 Å². The van der Waals surface area contributed by atoms with Crippen molar-refractivity contribution in [2.45, 2.75) is 30.8 Å². The Morgan fingerprint density at radius 1 is 1.12 bits per heavy atom. The van der Waals surface area contributed by atoms with Gasteiger partial charge in [-0.1, -0.05) is 34.4 Å². The molecular weight excluding hydrogens is 381 g/mol. The molecule has 1 aliphatic heterocycles. The third-order valence-corrected chi connectivity index (χ3v) is 5.94. The predicted molar refractivity (Wildman–Crippen MR) is 100 cm³/mol. The Morgan fingerprint density at radius 2 is 1.76 bits per heavy atom. The molecule has 25 heavy (non-hydrogen) atoms. The van der Waals surface area contributed by atoms with E-state index in [1.54, 1.807) is 25.1 Å². The molecule has 7 heteroatoms. The average Bonchev–Trinajstić information content (AvgIpc) is 2.89. The molecule has 0 saturated carbocycles. The SMILES string of the molecule is Cc1cc(C2=NOC(C)(c3cc(Cl)cc(Cl)c3)C2)ccc1S(C)(=O)=O. The number of rotatable bonds is 3. The minimum absolute atomic E-state index is 0.320. The molecule has 0 saturated heterocycles. The van der Waals surface area contributed by atoms with Crippen LogP contribution in [0.15, 0.2) is 46.4 Å². The highest BCUT2D eigenvalue weighted by atomic mass is 35.5. The number of oxime groups is 1. The van der Waals surface area contributed by atoms with Crippen LogP contribution in [-0.4, -0.2) is 20.4 Å². The molecule has 0 N–H and O–H groups in total. The molecule has 2 aromatic rings. The lowest BCUT2D eigenvalue weighted by Gasteiger charge is -2.22. The normalized spacial score (nSPS) is 20.3. The molecule has 0 aliphatic carbocycles. The number of hydrogen-bond acceptors (Lipinski definition) is 4. The Hall–Kier alpha value is -1.56. The number of hydrogen-bond donors (Lipinski definition) is 0. The quantitative estimate of drug-likeness (QED) is 0.750. The number of nitrogens with zero attached hydrogens (tertiary/aromatic N) is 1. The van der Waals surface area contributed by atoms with Crippen LogP contribution in [0.2, 0.25) is 10.0 Å². The van der Waals surface area contributed by atoms with Crippen molar-refractivity contribution in [2.24, 2.45) is 5.16 Å². The fourth-order valence-corrected chi connectivity index (χ4v) is 4.44. The first-order chi connectivity index (χ1) is 11.6. The van der Waals surface area contributed by atoms with E-state index in [1.165, 1.54) is 6.26 Å². The van der Waals surface area contributed by atoms with Gasteiger partial charge in [-0.3, -0.25) is 0 Å². The van der Waals surface area contributed by atoms with Crippen molar-refractivity contribution in [2.75, 3.05) is 6.26 Å². The lowest BCUT2D eigenvalue weighted by molar-refractivity contribution is -0.00737. The lowest BCUT2D eigenvalue weighted by atomic mass is 9.89. The number of benzene rings is 2. The second-order valence-electron chi connectivity index (χ2n) is 6.45. The van der Waals surface area contributed by atoms with Crippen molar-refractivity contribution in [3.8, 4) is 0 Å². The largest absolute Gasteiger partial charge is 0.384 e. The van der Waals surface area contributed by atoms with Gasteiger partial charge in [0, 0.05) is 28.3 Å². The second kappa shape index (κ2) is 6.31. The topological polar surface area (TPSA) is 55.7 Å². The fraction of sp³-hybridized carbons (Fsp3) is 0.278. The zero-order chi connectivity index (χ0) is 18.4. The molecule has 1 heterocycles. The first-order valence-electron chi connectivity index (χ1n) is 7.61. The maximum atomic E-state index is 11.8. The summed E-state index contributed by atoms with van der Waals surface area (Å²) in [5.41, 5.74) is 2.44. The van der Waals surface area contributed by atoms with Gasteiger partial charge in [0.25, 0.3) is 0 Å². The minimum atomic E-state index is -3.25. The third kappa shape index (κ3) is 3.68. The van der Waals surface area contributed by atoms with E-state index >= 15 is 0 Å². The maximum absolute atomic E-state index is 11.8. The molecule has 3 rings (SSSR count). The molecule has 0 aromatic heterocycles. The fourth-order valence-electron chi connectivity index (χ4n) is 2.95. The maximum Gasteiger partial charge on any atom is 0.175 e. The van der Waals surface area contributed by atoms with Gasteiger partial charge in [0.1, 0.15) is 0 Å². The highest BCUT2D eigenvalue weighted by Gasteiger charge is 2.37. The van der Waals surface area contributed by atoms with E-state index in [0.29, 0.717) is 26.9 Å². The molecular formula is C18H17Cl2NO3S. The zero-order valence-electron chi connectivity index (χ0n) is 14.0. The van der Waals surface area contributed by atoms with E-state index in [-0.39, 0.29) is 0 Å². The van der Waals surface area contributed by atoms with Crippen LogP contribution in [0.25, 0.3) is 0 Å². The summed E-state index contributed by atoms with van der Waals surface area (Å²) >= 11 is 12.2. The van der Waals surface area contributed by atoms with Gasteiger partial charge >= 0.3 is 0 Å². The van der Waals surface area contributed by atoms with Crippen LogP contribution in [0.1, 0.15) is 30.0 Å². The number of aryl methyl sites for hydroxylation is 1. The Kier molecular flexibility index (Phi) is 4.60. The summed E-state index contributed by atoms with van der Waals surface area (Å²) in [7, 11) is -3.25. The summed E-state index contributed by atoms with van der Waals surface area (Å²) in [6.45, 7) is 3.69. The van der Waals surface area contributed by atoms with Crippen molar-refractivity contribution in [3.63, 3.8) is 0 Å². The van der Waals surface area contributed by atoms with Gasteiger partial charge in [-0.2, -0.15) is 0 Å². The zero-order valence-corrected chi connectivity index (χ0v) is 16.3. The van der Waals surface area contributed by atoms with Crippen molar-refractivity contribution in [1.82, 2.24) is 0 Å². The molecule has 1 aliphatic rings. The van der Waals surface area contributed by atoms with Gasteiger partial charge in [0.15, 0.2) is 15.4 Å². The standard InChI is InChI=1S/C18H17Cl2NO3S/c1-11-6-12(4-5-17(11)25(3,22)23)16-10-18(2,24-21-16)13-7-14(19)9-15(20)8-13/h4-9H,10H2,1-3H3. The van der Waals surface area contributed by atoms with Crippen LogP contribution >= 0.6 is 23.2 Å². The van der Waals surface area contributed by atoms with Crippen LogP contribution < -0.4 is 0 Å². The van der Waals surface area contributed by atoms with E-state index in [4.69, 9.17) is 28.0 Å². The van der Waals surface area contributed by atoms with Crippen LogP contribution in [-0.2, 0) is 20.3 Å². The molecule has 0 bridgehead atoms.